The lowest BCUT2D eigenvalue weighted by molar-refractivity contribution is -0.137. The molecule has 1 atom stereocenters. The van der Waals surface area contributed by atoms with E-state index >= 15 is 0 Å². The molecule has 0 fully saturated rings. The van der Waals surface area contributed by atoms with Crippen LogP contribution in [0.4, 0.5) is 5.69 Å². The van der Waals surface area contributed by atoms with E-state index in [-0.39, 0.29) is 24.9 Å². The minimum absolute atomic E-state index is 0.0434. The van der Waals surface area contributed by atoms with Gasteiger partial charge in [-0.15, -0.1) is 0 Å². The SMILES string of the molecule is CC(CC(=O)O)Cc1ccc2c(c1)NC(=O)CO2. The average molecular weight is 249 g/mol. The third-order valence-electron chi connectivity index (χ3n) is 2.78. The highest BCUT2D eigenvalue weighted by atomic mass is 16.5. The summed E-state index contributed by atoms with van der Waals surface area (Å²) in [5, 5.41) is 11.4. The van der Waals surface area contributed by atoms with Crippen molar-refractivity contribution in [1.29, 1.82) is 0 Å². The van der Waals surface area contributed by atoms with Crippen LogP contribution in [0.25, 0.3) is 0 Å². The molecule has 1 aliphatic rings. The van der Waals surface area contributed by atoms with Crippen LogP contribution in [-0.4, -0.2) is 23.6 Å². The van der Waals surface area contributed by atoms with Crippen LogP contribution in [0.2, 0.25) is 0 Å². The zero-order valence-electron chi connectivity index (χ0n) is 10.1. The Bertz CT molecular complexity index is 484. The van der Waals surface area contributed by atoms with Crippen LogP contribution < -0.4 is 10.1 Å². The number of carbonyl (C=O) groups excluding carboxylic acids is 1. The molecule has 1 unspecified atom stereocenters. The van der Waals surface area contributed by atoms with E-state index in [1.54, 1.807) is 6.07 Å². The number of fused-ring (bicyclic) bond motifs is 1. The van der Waals surface area contributed by atoms with Crippen LogP contribution in [0, 0.1) is 5.92 Å². The van der Waals surface area contributed by atoms with E-state index in [2.05, 4.69) is 5.32 Å². The normalized spacial score (nSPS) is 15.3. The topological polar surface area (TPSA) is 75.6 Å². The van der Waals surface area contributed by atoms with Crippen molar-refractivity contribution in [2.75, 3.05) is 11.9 Å². The molecule has 0 radical (unpaired) electrons. The maximum Gasteiger partial charge on any atom is 0.303 e. The summed E-state index contributed by atoms with van der Waals surface area (Å²) in [6.45, 7) is 1.93. The van der Waals surface area contributed by atoms with Gasteiger partial charge in [-0.3, -0.25) is 9.59 Å². The largest absolute Gasteiger partial charge is 0.482 e. The van der Waals surface area contributed by atoms with Crippen LogP contribution in [0.1, 0.15) is 18.9 Å². The van der Waals surface area contributed by atoms with Gasteiger partial charge in [-0.2, -0.15) is 0 Å². The second-order valence-corrected chi connectivity index (χ2v) is 4.57. The quantitative estimate of drug-likeness (QED) is 0.851. The minimum atomic E-state index is -0.794. The first-order valence-corrected chi connectivity index (χ1v) is 5.82. The van der Waals surface area contributed by atoms with E-state index < -0.39 is 5.97 Å². The first-order chi connectivity index (χ1) is 8.54. The Labute approximate surface area is 105 Å². The predicted molar refractivity (Wildman–Crippen MR) is 65.7 cm³/mol. The number of carboxylic acid groups (broad SMARTS) is 1. The molecule has 2 rings (SSSR count). The number of rotatable bonds is 4. The highest BCUT2D eigenvalue weighted by Gasteiger charge is 2.16. The Hall–Kier alpha value is -2.04. The molecule has 5 nitrogen and oxygen atoms in total. The monoisotopic (exact) mass is 249 g/mol. The van der Waals surface area contributed by atoms with Crippen LogP contribution >= 0.6 is 0 Å². The molecule has 0 aliphatic carbocycles. The van der Waals surface area contributed by atoms with Crippen molar-refractivity contribution in [3.05, 3.63) is 23.8 Å². The molecule has 0 aromatic heterocycles. The van der Waals surface area contributed by atoms with Gasteiger partial charge in [0.2, 0.25) is 0 Å². The molecule has 1 aliphatic heterocycles. The van der Waals surface area contributed by atoms with Gasteiger partial charge in [0, 0.05) is 6.42 Å². The Morgan fingerprint density at radius 1 is 1.56 bits per heavy atom. The Morgan fingerprint density at radius 3 is 3.06 bits per heavy atom. The summed E-state index contributed by atoms with van der Waals surface area (Å²) in [7, 11) is 0. The third kappa shape index (κ3) is 3.00. The fourth-order valence-corrected chi connectivity index (χ4v) is 2.03. The summed E-state index contributed by atoms with van der Waals surface area (Å²) in [5.41, 5.74) is 1.65. The van der Waals surface area contributed by atoms with Crippen LogP contribution in [0.3, 0.4) is 0 Å². The van der Waals surface area contributed by atoms with Gasteiger partial charge >= 0.3 is 5.97 Å². The number of nitrogens with one attached hydrogen (secondary N) is 1. The molecule has 0 spiro atoms. The van der Waals surface area contributed by atoms with Crippen molar-refractivity contribution in [3.8, 4) is 5.75 Å². The Kier molecular flexibility index (Phi) is 3.50. The van der Waals surface area contributed by atoms with Crippen LogP contribution in [0.5, 0.6) is 5.75 Å². The Morgan fingerprint density at radius 2 is 2.33 bits per heavy atom. The fourth-order valence-electron chi connectivity index (χ4n) is 2.03. The molecule has 1 heterocycles. The zero-order chi connectivity index (χ0) is 13.1. The molecular weight excluding hydrogens is 234 g/mol. The number of anilines is 1. The second kappa shape index (κ2) is 5.08. The van der Waals surface area contributed by atoms with Crippen molar-refractivity contribution in [3.63, 3.8) is 0 Å². The molecule has 1 amide bonds. The molecular formula is C13H15NO4. The first kappa shape index (κ1) is 12.4. The highest BCUT2D eigenvalue weighted by molar-refractivity contribution is 5.95. The number of hydrogen-bond acceptors (Lipinski definition) is 3. The van der Waals surface area contributed by atoms with Gasteiger partial charge in [-0.25, -0.2) is 0 Å². The van der Waals surface area contributed by atoms with Crippen molar-refractivity contribution in [2.45, 2.75) is 19.8 Å². The van der Waals surface area contributed by atoms with Crippen LogP contribution in [0.15, 0.2) is 18.2 Å². The number of ether oxygens (including phenoxy) is 1. The van der Waals surface area contributed by atoms with E-state index in [1.807, 2.05) is 19.1 Å². The number of hydrogen-bond donors (Lipinski definition) is 2. The number of benzene rings is 1. The van der Waals surface area contributed by atoms with E-state index in [0.29, 0.717) is 17.9 Å². The number of carbonyl (C=O) groups is 2. The van der Waals surface area contributed by atoms with Crippen molar-refractivity contribution in [2.24, 2.45) is 5.92 Å². The third-order valence-corrected chi connectivity index (χ3v) is 2.78. The molecule has 96 valence electrons. The van der Waals surface area contributed by atoms with E-state index in [4.69, 9.17) is 9.84 Å². The molecule has 1 aromatic carbocycles. The van der Waals surface area contributed by atoms with Gasteiger partial charge in [0.05, 0.1) is 5.69 Å². The summed E-state index contributed by atoms with van der Waals surface area (Å²) >= 11 is 0. The average Bonchev–Trinajstić information content (AvgIpc) is 2.27. The van der Waals surface area contributed by atoms with E-state index in [0.717, 1.165) is 5.56 Å². The molecule has 0 bridgehead atoms. The maximum absolute atomic E-state index is 11.2. The second-order valence-electron chi connectivity index (χ2n) is 4.57. The summed E-state index contributed by atoms with van der Waals surface area (Å²) < 4.78 is 5.25. The molecule has 0 saturated carbocycles. The van der Waals surface area contributed by atoms with Crippen LogP contribution in [-0.2, 0) is 16.0 Å². The zero-order valence-corrected chi connectivity index (χ0v) is 10.1. The van der Waals surface area contributed by atoms with E-state index in [9.17, 15) is 9.59 Å². The summed E-state index contributed by atoms with van der Waals surface area (Å²) in [4.78, 5) is 21.8. The van der Waals surface area contributed by atoms with Gasteiger partial charge in [0.15, 0.2) is 6.61 Å². The molecule has 1 aromatic rings. The van der Waals surface area contributed by atoms with Gasteiger partial charge in [0.25, 0.3) is 5.91 Å². The predicted octanol–water partition coefficient (Wildman–Crippen LogP) is 1.67. The lowest BCUT2D eigenvalue weighted by Gasteiger charge is -2.19. The van der Waals surface area contributed by atoms with Gasteiger partial charge in [-0.1, -0.05) is 13.0 Å². The molecule has 18 heavy (non-hydrogen) atoms. The summed E-state index contributed by atoms with van der Waals surface area (Å²) in [6, 6.07) is 5.54. The summed E-state index contributed by atoms with van der Waals surface area (Å²) in [5.74, 6) is -0.250. The number of aliphatic carboxylic acids is 1. The standard InChI is InChI=1S/C13H15NO4/c1-8(5-13(16)17)4-9-2-3-11-10(6-9)14-12(15)7-18-11/h2-3,6,8H,4-5,7H2,1H3,(H,14,15)(H,16,17). The van der Waals surface area contributed by atoms with E-state index in [1.165, 1.54) is 0 Å². The molecule has 5 heteroatoms. The number of amides is 1. The molecule has 0 saturated heterocycles. The minimum Gasteiger partial charge on any atom is -0.482 e. The first-order valence-electron chi connectivity index (χ1n) is 5.82. The lowest BCUT2D eigenvalue weighted by atomic mass is 9.97. The Balaban J connectivity index is 2.08. The fraction of sp³-hybridized carbons (Fsp3) is 0.385. The van der Waals surface area contributed by atoms with Gasteiger partial charge in [0.1, 0.15) is 5.75 Å². The number of carboxylic acids is 1. The lowest BCUT2D eigenvalue weighted by Crippen LogP contribution is -2.25. The smallest absolute Gasteiger partial charge is 0.303 e. The van der Waals surface area contributed by atoms with Crippen molar-refractivity contribution < 1.29 is 19.4 Å². The highest BCUT2D eigenvalue weighted by Crippen LogP contribution is 2.29. The van der Waals surface area contributed by atoms with Crippen molar-refractivity contribution >= 4 is 17.6 Å². The van der Waals surface area contributed by atoms with Gasteiger partial charge < -0.3 is 15.2 Å². The summed E-state index contributed by atoms with van der Waals surface area (Å²) in [6.07, 6.45) is 0.801. The maximum atomic E-state index is 11.2. The van der Waals surface area contributed by atoms with Gasteiger partial charge in [-0.05, 0) is 30.0 Å². The van der Waals surface area contributed by atoms with Crippen molar-refractivity contribution in [1.82, 2.24) is 0 Å². The molecule has 2 N–H and O–H groups in total.